The van der Waals surface area contributed by atoms with Gasteiger partial charge in [0.25, 0.3) is 0 Å². The Bertz CT molecular complexity index is 659. The standard InChI is InChI=1S/C18H20N2O2/c1-3-20(4-2)15-11-9-14(10-12-15)13-19-17-8-6-5-7-16(17)18(21)22/h5-13H,3-4H2,1-2H3,(H,21,22)/b19-13+. The van der Waals surface area contributed by atoms with Crippen LogP contribution in [0.5, 0.6) is 0 Å². The van der Waals surface area contributed by atoms with Crippen molar-refractivity contribution in [2.75, 3.05) is 18.0 Å². The van der Waals surface area contributed by atoms with Gasteiger partial charge in [0.05, 0.1) is 11.3 Å². The first kappa shape index (κ1) is 15.8. The van der Waals surface area contributed by atoms with Gasteiger partial charge in [-0.25, -0.2) is 4.79 Å². The van der Waals surface area contributed by atoms with E-state index in [4.69, 9.17) is 5.11 Å². The van der Waals surface area contributed by atoms with Gasteiger partial charge in [-0.3, -0.25) is 4.99 Å². The molecule has 0 aromatic heterocycles. The third kappa shape index (κ3) is 3.73. The minimum absolute atomic E-state index is 0.207. The molecule has 0 unspecified atom stereocenters. The second-order valence-electron chi connectivity index (χ2n) is 4.84. The Labute approximate surface area is 130 Å². The molecule has 2 rings (SSSR count). The predicted octanol–water partition coefficient (Wildman–Crippen LogP) is 3.98. The lowest BCUT2D eigenvalue weighted by atomic mass is 10.1. The Balaban J connectivity index is 2.19. The number of hydrogen-bond acceptors (Lipinski definition) is 3. The van der Waals surface area contributed by atoms with Gasteiger partial charge < -0.3 is 10.0 Å². The number of anilines is 1. The summed E-state index contributed by atoms with van der Waals surface area (Å²) >= 11 is 0. The minimum Gasteiger partial charge on any atom is -0.478 e. The molecule has 0 aliphatic rings. The fourth-order valence-electron chi connectivity index (χ4n) is 2.27. The summed E-state index contributed by atoms with van der Waals surface area (Å²) in [5, 5.41) is 9.14. The third-order valence-corrected chi connectivity index (χ3v) is 3.51. The molecule has 0 saturated carbocycles. The Morgan fingerprint density at radius 2 is 1.73 bits per heavy atom. The van der Waals surface area contributed by atoms with Crippen molar-refractivity contribution in [1.29, 1.82) is 0 Å². The van der Waals surface area contributed by atoms with Gasteiger partial charge in [0.2, 0.25) is 0 Å². The Hall–Kier alpha value is -2.62. The van der Waals surface area contributed by atoms with E-state index >= 15 is 0 Å². The zero-order valence-electron chi connectivity index (χ0n) is 12.9. The molecule has 0 aliphatic carbocycles. The molecule has 0 fully saturated rings. The van der Waals surface area contributed by atoms with E-state index in [0.29, 0.717) is 5.69 Å². The number of aromatic carboxylic acids is 1. The van der Waals surface area contributed by atoms with Crippen molar-refractivity contribution in [2.24, 2.45) is 4.99 Å². The highest BCUT2D eigenvalue weighted by Gasteiger charge is 2.07. The van der Waals surface area contributed by atoms with Crippen LogP contribution >= 0.6 is 0 Å². The molecule has 0 radical (unpaired) electrons. The van der Waals surface area contributed by atoms with Crippen LogP contribution in [0, 0.1) is 0 Å². The molecule has 4 heteroatoms. The zero-order chi connectivity index (χ0) is 15.9. The maximum Gasteiger partial charge on any atom is 0.337 e. The van der Waals surface area contributed by atoms with E-state index in [1.54, 1.807) is 30.5 Å². The Morgan fingerprint density at radius 3 is 2.32 bits per heavy atom. The number of carboxylic acids is 1. The van der Waals surface area contributed by atoms with E-state index in [9.17, 15) is 4.79 Å². The van der Waals surface area contributed by atoms with Crippen molar-refractivity contribution >= 4 is 23.6 Å². The average molecular weight is 296 g/mol. The number of carbonyl (C=O) groups is 1. The molecule has 0 aliphatic heterocycles. The summed E-state index contributed by atoms with van der Waals surface area (Å²) in [6, 6.07) is 14.8. The predicted molar refractivity (Wildman–Crippen MR) is 90.7 cm³/mol. The minimum atomic E-state index is -0.968. The third-order valence-electron chi connectivity index (χ3n) is 3.51. The van der Waals surface area contributed by atoms with Crippen LogP contribution < -0.4 is 4.90 Å². The number of aliphatic imine (C=N–C) groups is 1. The fraction of sp³-hybridized carbons (Fsp3) is 0.222. The first-order chi connectivity index (χ1) is 10.7. The number of rotatable bonds is 6. The lowest BCUT2D eigenvalue weighted by Gasteiger charge is -2.20. The zero-order valence-corrected chi connectivity index (χ0v) is 12.9. The van der Waals surface area contributed by atoms with Crippen LogP contribution in [0.2, 0.25) is 0 Å². The van der Waals surface area contributed by atoms with Crippen LogP contribution in [0.4, 0.5) is 11.4 Å². The van der Waals surface area contributed by atoms with Crippen molar-refractivity contribution in [1.82, 2.24) is 0 Å². The highest BCUT2D eigenvalue weighted by atomic mass is 16.4. The lowest BCUT2D eigenvalue weighted by molar-refractivity contribution is 0.0698. The summed E-state index contributed by atoms with van der Waals surface area (Å²) in [4.78, 5) is 17.7. The smallest absolute Gasteiger partial charge is 0.337 e. The number of carboxylic acid groups (broad SMARTS) is 1. The van der Waals surface area contributed by atoms with Gasteiger partial charge in [-0.15, -0.1) is 0 Å². The largest absolute Gasteiger partial charge is 0.478 e. The number of hydrogen-bond donors (Lipinski definition) is 1. The van der Waals surface area contributed by atoms with Gasteiger partial charge in [0, 0.05) is 25.0 Å². The van der Waals surface area contributed by atoms with Crippen molar-refractivity contribution in [2.45, 2.75) is 13.8 Å². The molecule has 0 heterocycles. The molecule has 0 amide bonds. The van der Waals surface area contributed by atoms with Crippen molar-refractivity contribution in [3.05, 3.63) is 59.7 Å². The molecule has 0 bridgehead atoms. The maximum atomic E-state index is 11.1. The molecule has 2 aromatic carbocycles. The van der Waals surface area contributed by atoms with E-state index in [1.807, 2.05) is 12.1 Å². The molecule has 22 heavy (non-hydrogen) atoms. The molecule has 0 atom stereocenters. The molecular weight excluding hydrogens is 276 g/mol. The van der Waals surface area contributed by atoms with Gasteiger partial charge in [-0.2, -0.15) is 0 Å². The quantitative estimate of drug-likeness (QED) is 0.820. The molecule has 0 spiro atoms. The summed E-state index contributed by atoms with van der Waals surface area (Å²) in [7, 11) is 0. The summed E-state index contributed by atoms with van der Waals surface area (Å²) in [6.07, 6.45) is 1.69. The fourth-order valence-corrected chi connectivity index (χ4v) is 2.27. The van der Waals surface area contributed by atoms with Crippen LogP contribution in [0.1, 0.15) is 29.8 Å². The first-order valence-electron chi connectivity index (χ1n) is 7.37. The molecule has 114 valence electrons. The van der Waals surface area contributed by atoms with Crippen molar-refractivity contribution in [3.63, 3.8) is 0 Å². The average Bonchev–Trinajstić information content (AvgIpc) is 2.55. The van der Waals surface area contributed by atoms with Crippen LogP contribution in [0.25, 0.3) is 0 Å². The van der Waals surface area contributed by atoms with E-state index in [0.717, 1.165) is 18.7 Å². The van der Waals surface area contributed by atoms with E-state index < -0.39 is 5.97 Å². The maximum absolute atomic E-state index is 11.1. The molecule has 0 saturated heterocycles. The number of para-hydroxylation sites is 1. The van der Waals surface area contributed by atoms with E-state index in [1.165, 1.54) is 5.69 Å². The summed E-state index contributed by atoms with van der Waals surface area (Å²) in [5.41, 5.74) is 2.78. The SMILES string of the molecule is CCN(CC)c1ccc(/C=N/c2ccccc2C(=O)O)cc1. The van der Waals surface area contributed by atoms with Gasteiger partial charge in [0.1, 0.15) is 0 Å². The normalized spacial score (nSPS) is 10.8. The second-order valence-corrected chi connectivity index (χ2v) is 4.84. The van der Waals surface area contributed by atoms with Crippen LogP contribution in [0.3, 0.4) is 0 Å². The van der Waals surface area contributed by atoms with Gasteiger partial charge >= 0.3 is 5.97 Å². The molecule has 2 aromatic rings. The lowest BCUT2D eigenvalue weighted by Crippen LogP contribution is -2.21. The molecular formula is C18H20N2O2. The van der Waals surface area contributed by atoms with Crippen LogP contribution in [-0.4, -0.2) is 30.4 Å². The van der Waals surface area contributed by atoms with Crippen LogP contribution in [0.15, 0.2) is 53.5 Å². The topological polar surface area (TPSA) is 52.9 Å². The highest BCUT2D eigenvalue weighted by Crippen LogP contribution is 2.19. The highest BCUT2D eigenvalue weighted by molar-refractivity contribution is 5.95. The molecule has 4 nitrogen and oxygen atoms in total. The van der Waals surface area contributed by atoms with Gasteiger partial charge in [0.15, 0.2) is 0 Å². The van der Waals surface area contributed by atoms with E-state index in [-0.39, 0.29) is 5.56 Å². The van der Waals surface area contributed by atoms with Crippen molar-refractivity contribution < 1.29 is 9.90 Å². The van der Waals surface area contributed by atoms with Crippen LogP contribution in [-0.2, 0) is 0 Å². The van der Waals surface area contributed by atoms with Gasteiger partial charge in [-0.05, 0) is 43.7 Å². The summed E-state index contributed by atoms with van der Waals surface area (Å²) in [6.45, 7) is 6.19. The summed E-state index contributed by atoms with van der Waals surface area (Å²) < 4.78 is 0. The Kier molecular flexibility index (Phi) is 5.31. The second kappa shape index (κ2) is 7.41. The Morgan fingerprint density at radius 1 is 1.09 bits per heavy atom. The van der Waals surface area contributed by atoms with Gasteiger partial charge in [-0.1, -0.05) is 24.3 Å². The van der Waals surface area contributed by atoms with E-state index in [2.05, 4.69) is 35.9 Å². The first-order valence-corrected chi connectivity index (χ1v) is 7.37. The molecule has 1 N–H and O–H groups in total. The monoisotopic (exact) mass is 296 g/mol. The number of benzene rings is 2. The van der Waals surface area contributed by atoms with Crippen molar-refractivity contribution in [3.8, 4) is 0 Å². The summed E-state index contributed by atoms with van der Waals surface area (Å²) in [5.74, 6) is -0.968. The number of nitrogens with zero attached hydrogens (tertiary/aromatic N) is 2.